The van der Waals surface area contributed by atoms with Gasteiger partial charge in [-0.05, 0) is 80.8 Å². The van der Waals surface area contributed by atoms with Crippen LogP contribution in [0.4, 0.5) is 10.3 Å². The summed E-state index contributed by atoms with van der Waals surface area (Å²) in [6, 6.07) is 6.96. The van der Waals surface area contributed by atoms with Crippen molar-refractivity contribution >= 4 is 27.9 Å². The lowest BCUT2D eigenvalue weighted by molar-refractivity contribution is 0.111. The fourth-order valence-corrected chi connectivity index (χ4v) is 7.83. The SMILES string of the molecule is C#Cc1c(F)ccc2cc(O)cc(Cn3cnc4c(OCC56CCCN5CCC6)nc(N5CC6CCC5CN6)nc43)c12.CC. The molecular formula is C34H40FN7O2. The molecule has 9 rings (SSSR count). The zero-order valence-electron chi connectivity index (χ0n) is 25.5. The normalized spacial score (nSPS) is 22.2. The number of fused-ring (bicyclic) bond motifs is 6. The number of hydrogen-bond donors (Lipinski definition) is 2. The van der Waals surface area contributed by atoms with Gasteiger partial charge in [0.25, 0.3) is 0 Å². The summed E-state index contributed by atoms with van der Waals surface area (Å²) >= 11 is 0. The first-order valence-corrected chi connectivity index (χ1v) is 16.0. The van der Waals surface area contributed by atoms with E-state index in [1.807, 2.05) is 18.4 Å². The molecule has 9 nitrogen and oxygen atoms in total. The number of aromatic hydroxyl groups is 1. The molecule has 44 heavy (non-hydrogen) atoms. The van der Waals surface area contributed by atoms with Gasteiger partial charge in [0.15, 0.2) is 11.2 Å². The van der Waals surface area contributed by atoms with Gasteiger partial charge >= 0.3 is 0 Å². The largest absolute Gasteiger partial charge is 0.508 e. The van der Waals surface area contributed by atoms with Crippen molar-refractivity contribution in [2.45, 2.75) is 76.5 Å². The number of nitrogens with zero attached hydrogens (tertiary/aromatic N) is 6. The van der Waals surface area contributed by atoms with Crippen molar-refractivity contribution in [3.63, 3.8) is 0 Å². The molecule has 7 heterocycles. The fourth-order valence-electron chi connectivity index (χ4n) is 7.83. The summed E-state index contributed by atoms with van der Waals surface area (Å²) in [5, 5.41) is 15.4. The van der Waals surface area contributed by atoms with Gasteiger partial charge < -0.3 is 24.6 Å². The molecule has 5 saturated heterocycles. The molecule has 5 aliphatic heterocycles. The lowest BCUT2D eigenvalue weighted by Gasteiger charge is -2.45. The first-order valence-electron chi connectivity index (χ1n) is 16.0. The Labute approximate surface area is 257 Å². The van der Waals surface area contributed by atoms with Gasteiger partial charge in [0.2, 0.25) is 11.8 Å². The summed E-state index contributed by atoms with van der Waals surface area (Å²) in [6.45, 7) is 8.90. The number of rotatable bonds is 6. The molecule has 0 spiro atoms. The maximum atomic E-state index is 14.7. The number of aromatic nitrogens is 4. The van der Waals surface area contributed by atoms with Crippen LogP contribution in [0.25, 0.3) is 21.9 Å². The highest BCUT2D eigenvalue weighted by Crippen LogP contribution is 2.40. The molecular weight excluding hydrogens is 557 g/mol. The summed E-state index contributed by atoms with van der Waals surface area (Å²) in [5.74, 6) is 3.29. The molecule has 2 N–H and O–H groups in total. The topological polar surface area (TPSA) is 91.6 Å². The highest BCUT2D eigenvalue weighted by atomic mass is 19.1. The summed E-state index contributed by atoms with van der Waals surface area (Å²) in [6.07, 6.45) is 14.4. The van der Waals surface area contributed by atoms with Crippen LogP contribution in [-0.4, -0.2) is 79.9 Å². The van der Waals surface area contributed by atoms with Crippen molar-refractivity contribution in [3.05, 3.63) is 47.5 Å². The second kappa shape index (κ2) is 11.5. The highest BCUT2D eigenvalue weighted by molar-refractivity contribution is 5.92. The van der Waals surface area contributed by atoms with E-state index in [-0.39, 0.29) is 16.9 Å². The Morgan fingerprint density at radius 2 is 1.98 bits per heavy atom. The molecule has 5 aliphatic rings. The number of phenols is 1. The van der Waals surface area contributed by atoms with Crippen LogP contribution in [0.15, 0.2) is 30.6 Å². The number of ether oxygens (including phenoxy) is 1. The molecule has 2 unspecified atom stereocenters. The summed E-state index contributed by atoms with van der Waals surface area (Å²) < 4.78 is 23.3. The maximum Gasteiger partial charge on any atom is 0.247 e. The molecule has 4 aromatic rings. The number of halogens is 1. The first-order chi connectivity index (χ1) is 21.5. The number of anilines is 1. The number of terminal acetylenes is 1. The maximum absolute atomic E-state index is 14.7. The third-order valence-corrected chi connectivity index (χ3v) is 9.93. The Kier molecular flexibility index (Phi) is 7.55. The Balaban J connectivity index is 0.00000153. The van der Waals surface area contributed by atoms with Gasteiger partial charge in [-0.15, -0.1) is 6.42 Å². The molecule has 2 aromatic carbocycles. The third kappa shape index (κ3) is 4.83. The number of imidazole rings is 1. The van der Waals surface area contributed by atoms with Crippen molar-refractivity contribution in [1.29, 1.82) is 0 Å². The van der Waals surface area contributed by atoms with Gasteiger partial charge in [-0.3, -0.25) is 4.90 Å². The minimum atomic E-state index is -0.464. The smallest absolute Gasteiger partial charge is 0.247 e. The molecule has 0 saturated carbocycles. The van der Waals surface area contributed by atoms with Crippen LogP contribution < -0.4 is 15.0 Å². The summed E-state index contributed by atoms with van der Waals surface area (Å²) in [5.41, 5.74) is 2.19. The Bertz CT molecular complexity index is 1730. The van der Waals surface area contributed by atoms with E-state index in [1.165, 1.54) is 18.9 Å². The van der Waals surface area contributed by atoms with E-state index in [4.69, 9.17) is 26.1 Å². The number of nitrogens with one attached hydrogen (secondary N) is 1. The second-order valence-corrected chi connectivity index (χ2v) is 12.3. The van der Waals surface area contributed by atoms with Crippen molar-refractivity contribution < 1.29 is 14.2 Å². The van der Waals surface area contributed by atoms with Gasteiger partial charge in [-0.2, -0.15) is 9.97 Å². The summed E-state index contributed by atoms with van der Waals surface area (Å²) in [7, 11) is 0. The minimum Gasteiger partial charge on any atom is -0.508 e. The molecule has 2 bridgehead atoms. The number of benzene rings is 2. The Hall–Kier alpha value is -3.94. The lowest BCUT2D eigenvalue weighted by atomic mass is 9.93. The van der Waals surface area contributed by atoms with Crippen LogP contribution in [0.1, 0.15) is 63.5 Å². The van der Waals surface area contributed by atoms with E-state index < -0.39 is 5.82 Å². The molecule has 0 radical (unpaired) electrons. The van der Waals surface area contributed by atoms with Gasteiger partial charge in [0.1, 0.15) is 18.2 Å². The van der Waals surface area contributed by atoms with Crippen LogP contribution in [0, 0.1) is 18.2 Å². The average Bonchev–Trinajstić information content (AvgIpc) is 3.76. The van der Waals surface area contributed by atoms with Crippen LogP contribution in [0.3, 0.4) is 0 Å². The first kappa shape index (κ1) is 28.8. The Morgan fingerprint density at radius 1 is 1.16 bits per heavy atom. The van der Waals surface area contributed by atoms with E-state index in [2.05, 4.69) is 21.0 Å². The molecule has 2 atom stereocenters. The molecule has 10 heteroatoms. The molecule has 0 amide bonds. The second-order valence-electron chi connectivity index (χ2n) is 12.3. The predicted octanol–water partition coefficient (Wildman–Crippen LogP) is 4.83. The van der Waals surface area contributed by atoms with E-state index in [1.54, 1.807) is 24.5 Å². The molecule has 230 valence electrons. The lowest BCUT2D eigenvalue weighted by Crippen LogP contribution is -2.61. The molecule has 2 aromatic heterocycles. The van der Waals surface area contributed by atoms with Crippen molar-refractivity contribution in [3.8, 4) is 24.0 Å². The number of piperidine rings is 2. The zero-order valence-corrected chi connectivity index (χ0v) is 25.5. The van der Waals surface area contributed by atoms with Crippen molar-refractivity contribution in [1.82, 2.24) is 29.7 Å². The van der Waals surface area contributed by atoms with E-state index >= 15 is 0 Å². The number of piperazine rings is 1. The highest BCUT2D eigenvalue weighted by Gasteiger charge is 2.45. The van der Waals surface area contributed by atoms with E-state index in [0.29, 0.717) is 64.6 Å². The van der Waals surface area contributed by atoms with Gasteiger partial charge in [-0.1, -0.05) is 25.8 Å². The average molecular weight is 598 g/mol. The van der Waals surface area contributed by atoms with Gasteiger partial charge in [0.05, 0.1) is 24.0 Å². The number of phenolic OH excluding ortho intramolecular Hbond substituents is 1. The third-order valence-electron chi connectivity index (χ3n) is 9.93. The van der Waals surface area contributed by atoms with Crippen LogP contribution >= 0.6 is 0 Å². The van der Waals surface area contributed by atoms with Crippen LogP contribution in [-0.2, 0) is 6.54 Å². The zero-order chi connectivity index (χ0) is 30.4. The molecule has 5 fully saturated rings. The van der Waals surface area contributed by atoms with E-state index in [9.17, 15) is 9.50 Å². The van der Waals surface area contributed by atoms with Crippen molar-refractivity contribution in [2.75, 3.05) is 37.7 Å². The predicted molar refractivity (Wildman–Crippen MR) is 170 cm³/mol. The van der Waals surface area contributed by atoms with Crippen LogP contribution in [0.5, 0.6) is 11.6 Å². The van der Waals surface area contributed by atoms with Crippen molar-refractivity contribution in [2.24, 2.45) is 0 Å². The van der Waals surface area contributed by atoms with Gasteiger partial charge in [-0.25, -0.2) is 9.37 Å². The summed E-state index contributed by atoms with van der Waals surface area (Å²) in [4.78, 5) is 19.7. The Morgan fingerprint density at radius 3 is 2.68 bits per heavy atom. The van der Waals surface area contributed by atoms with E-state index in [0.717, 1.165) is 51.9 Å². The van der Waals surface area contributed by atoms with Gasteiger partial charge in [0, 0.05) is 30.6 Å². The standard InChI is InChI=1S/C32H34FN7O2.C2H6/c1-2-25-26(33)8-5-20-13-24(41)14-21(27(20)25)16-38-19-35-28-29(38)36-31(40-17-22-6-7-23(40)15-34-22)37-30(28)42-18-32-9-3-11-39(32)12-4-10-32;1-2/h1,5,8,13-14,19,22-23,34,41H,3-4,6-7,9-12,15-18H2;1-2H3. The quantitative estimate of drug-likeness (QED) is 0.306. The molecule has 0 aliphatic carbocycles. The monoisotopic (exact) mass is 597 g/mol. The van der Waals surface area contributed by atoms with Crippen LogP contribution in [0.2, 0.25) is 0 Å². The number of hydrogen-bond acceptors (Lipinski definition) is 8. The minimum absolute atomic E-state index is 0.0737. The fraction of sp³-hybridized carbons (Fsp3) is 0.500.